The van der Waals surface area contributed by atoms with Crippen LogP contribution in [-0.4, -0.2) is 20.5 Å². The predicted octanol–water partition coefficient (Wildman–Crippen LogP) is 3.19. The molecule has 4 heteroatoms. The fraction of sp³-hybridized carbons (Fsp3) is 0.333. The molecule has 72 valence electrons. The van der Waals surface area contributed by atoms with Crippen LogP contribution in [0.15, 0.2) is 21.5 Å². The summed E-state index contributed by atoms with van der Waals surface area (Å²) in [5.41, 5.74) is 0. The third kappa shape index (κ3) is 2.11. The monoisotopic (exact) mass is 262 g/mol. The van der Waals surface area contributed by atoms with Gasteiger partial charge in [-0.05, 0) is 34.3 Å². The highest BCUT2D eigenvalue weighted by molar-refractivity contribution is 9.10. The Morgan fingerprint density at radius 2 is 1.92 bits per heavy atom. The lowest BCUT2D eigenvalue weighted by molar-refractivity contribution is 0.352. The Kier molecular flexibility index (Phi) is 3.93. The van der Waals surface area contributed by atoms with Crippen LogP contribution in [0.2, 0.25) is 0 Å². The first-order chi connectivity index (χ1) is 6.24. The topological polar surface area (TPSA) is 18.5 Å². The fourth-order valence-corrected chi connectivity index (χ4v) is 2.48. The highest BCUT2D eigenvalue weighted by atomic mass is 79.9. The van der Waals surface area contributed by atoms with Gasteiger partial charge in [-0.15, -0.1) is 11.8 Å². The molecule has 0 aliphatic heterocycles. The second-order valence-corrected chi connectivity index (χ2v) is 3.96. The van der Waals surface area contributed by atoms with Crippen LogP contribution in [0.4, 0.5) is 0 Å². The molecule has 1 aromatic rings. The van der Waals surface area contributed by atoms with Crippen molar-refractivity contribution in [2.75, 3.05) is 20.5 Å². The smallest absolute Gasteiger partial charge is 0.176 e. The summed E-state index contributed by atoms with van der Waals surface area (Å²) in [5, 5.41) is 0. The van der Waals surface area contributed by atoms with E-state index in [-0.39, 0.29) is 0 Å². The lowest BCUT2D eigenvalue weighted by atomic mass is 10.3. The van der Waals surface area contributed by atoms with E-state index in [1.54, 1.807) is 26.0 Å². The number of benzene rings is 1. The van der Waals surface area contributed by atoms with E-state index >= 15 is 0 Å². The summed E-state index contributed by atoms with van der Waals surface area (Å²) in [6, 6.07) is 3.89. The average Bonchev–Trinajstić information content (AvgIpc) is 2.17. The fourth-order valence-electron chi connectivity index (χ4n) is 1.03. The van der Waals surface area contributed by atoms with Gasteiger partial charge in [0, 0.05) is 4.90 Å². The van der Waals surface area contributed by atoms with Crippen LogP contribution in [0.3, 0.4) is 0 Å². The Bertz CT molecular complexity index is 302. The highest BCUT2D eigenvalue weighted by Crippen LogP contribution is 2.40. The van der Waals surface area contributed by atoms with Crippen molar-refractivity contribution in [2.24, 2.45) is 0 Å². The third-order valence-electron chi connectivity index (χ3n) is 1.67. The molecule has 1 rings (SSSR count). The zero-order valence-corrected chi connectivity index (χ0v) is 10.2. The maximum absolute atomic E-state index is 5.22. The van der Waals surface area contributed by atoms with Crippen LogP contribution in [0.1, 0.15) is 0 Å². The van der Waals surface area contributed by atoms with Crippen molar-refractivity contribution >= 4 is 27.7 Å². The molecular formula is C9H11BrO2S. The quantitative estimate of drug-likeness (QED) is 0.780. The van der Waals surface area contributed by atoms with Gasteiger partial charge in [-0.2, -0.15) is 0 Å². The van der Waals surface area contributed by atoms with Crippen LogP contribution >= 0.6 is 27.7 Å². The first-order valence-electron chi connectivity index (χ1n) is 3.69. The number of hydrogen-bond acceptors (Lipinski definition) is 3. The standard InChI is InChI=1S/C9H11BrO2S/c1-11-6-4-5-7(13-3)8(10)9(6)12-2/h4-5H,1-3H3. The van der Waals surface area contributed by atoms with E-state index in [0.29, 0.717) is 0 Å². The molecule has 0 saturated heterocycles. The molecule has 0 unspecified atom stereocenters. The minimum absolute atomic E-state index is 0.743. The molecular weight excluding hydrogens is 252 g/mol. The summed E-state index contributed by atoms with van der Waals surface area (Å²) in [7, 11) is 3.26. The van der Waals surface area contributed by atoms with E-state index in [4.69, 9.17) is 9.47 Å². The molecule has 0 amide bonds. The van der Waals surface area contributed by atoms with Crippen LogP contribution in [0, 0.1) is 0 Å². The predicted molar refractivity (Wildman–Crippen MR) is 59.0 cm³/mol. The maximum Gasteiger partial charge on any atom is 0.176 e. The van der Waals surface area contributed by atoms with E-state index < -0.39 is 0 Å². The van der Waals surface area contributed by atoms with Gasteiger partial charge < -0.3 is 9.47 Å². The number of hydrogen-bond donors (Lipinski definition) is 0. The summed E-state index contributed by atoms with van der Waals surface area (Å²) in [6.45, 7) is 0. The largest absolute Gasteiger partial charge is 0.493 e. The van der Waals surface area contributed by atoms with Gasteiger partial charge in [-0.1, -0.05) is 0 Å². The van der Waals surface area contributed by atoms with Gasteiger partial charge >= 0.3 is 0 Å². The molecule has 0 radical (unpaired) electrons. The second-order valence-electron chi connectivity index (χ2n) is 2.32. The minimum Gasteiger partial charge on any atom is -0.493 e. The van der Waals surface area contributed by atoms with Gasteiger partial charge in [0.2, 0.25) is 0 Å². The van der Waals surface area contributed by atoms with Gasteiger partial charge in [-0.25, -0.2) is 0 Å². The number of halogens is 1. The second kappa shape index (κ2) is 4.77. The van der Waals surface area contributed by atoms with Gasteiger partial charge in [0.25, 0.3) is 0 Å². The number of methoxy groups -OCH3 is 2. The zero-order valence-electron chi connectivity index (χ0n) is 7.76. The van der Waals surface area contributed by atoms with Crippen molar-refractivity contribution in [1.82, 2.24) is 0 Å². The summed E-state index contributed by atoms with van der Waals surface area (Å²) in [5.74, 6) is 1.49. The average molecular weight is 263 g/mol. The first-order valence-corrected chi connectivity index (χ1v) is 5.70. The lowest BCUT2D eigenvalue weighted by Crippen LogP contribution is -1.92. The lowest BCUT2D eigenvalue weighted by Gasteiger charge is -2.11. The summed E-state index contributed by atoms with van der Waals surface area (Å²) >= 11 is 5.13. The SMILES string of the molecule is COc1ccc(SC)c(Br)c1OC. The molecule has 0 aliphatic rings. The van der Waals surface area contributed by atoms with Gasteiger partial charge in [0.15, 0.2) is 11.5 Å². The summed E-state index contributed by atoms with van der Waals surface area (Å²) < 4.78 is 11.3. The van der Waals surface area contributed by atoms with Crippen molar-refractivity contribution in [3.8, 4) is 11.5 Å². The highest BCUT2D eigenvalue weighted by Gasteiger charge is 2.11. The molecule has 0 N–H and O–H groups in total. The molecule has 0 aliphatic carbocycles. The molecule has 0 saturated carbocycles. The van der Waals surface area contributed by atoms with Crippen LogP contribution in [-0.2, 0) is 0 Å². The first kappa shape index (κ1) is 10.7. The van der Waals surface area contributed by atoms with E-state index in [2.05, 4.69) is 15.9 Å². The van der Waals surface area contributed by atoms with Crippen LogP contribution in [0.5, 0.6) is 11.5 Å². The molecule has 1 aromatic carbocycles. The molecule has 0 aromatic heterocycles. The van der Waals surface area contributed by atoms with Crippen molar-refractivity contribution in [3.05, 3.63) is 16.6 Å². The van der Waals surface area contributed by atoms with Crippen molar-refractivity contribution in [2.45, 2.75) is 4.90 Å². The molecule has 2 nitrogen and oxygen atoms in total. The van der Waals surface area contributed by atoms with E-state index in [1.807, 2.05) is 18.4 Å². The number of thioether (sulfide) groups is 1. The van der Waals surface area contributed by atoms with E-state index in [1.165, 1.54) is 0 Å². The Hall–Kier alpha value is -0.350. The molecule has 0 bridgehead atoms. The summed E-state index contributed by atoms with van der Waals surface area (Å²) in [4.78, 5) is 1.14. The van der Waals surface area contributed by atoms with Crippen LogP contribution < -0.4 is 9.47 Å². The Labute approximate surface area is 90.7 Å². The van der Waals surface area contributed by atoms with Gasteiger partial charge in [-0.3, -0.25) is 0 Å². The zero-order chi connectivity index (χ0) is 9.84. The number of rotatable bonds is 3. The number of ether oxygens (including phenoxy) is 2. The third-order valence-corrected chi connectivity index (χ3v) is 3.50. The van der Waals surface area contributed by atoms with Crippen molar-refractivity contribution in [1.29, 1.82) is 0 Å². The molecule has 0 fully saturated rings. The Balaban J connectivity index is 3.23. The van der Waals surface area contributed by atoms with E-state index in [0.717, 1.165) is 20.9 Å². The van der Waals surface area contributed by atoms with Gasteiger partial charge in [0.1, 0.15) is 0 Å². The van der Waals surface area contributed by atoms with Crippen molar-refractivity contribution < 1.29 is 9.47 Å². The molecule has 0 spiro atoms. The maximum atomic E-state index is 5.22. The van der Waals surface area contributed by atoms with E-state index in [9.17, 15) is 0 Å². The molecule has 0 heterocycles. The summed E-state index contributed by atoms with van der Waals surface area (Å²) in [6.07, 6.45) is 2.02. The molecule has 0 atom stereocenters. The Morgan fingerprint density at radius 3 is 2.38 bits per heavy atom. The minimum atomic E-state index is 0.743. The Morgan fingerprint density at radius 1 is 1.23 bits per heavy atom. The van der Waals surface area contributed by atoms with Gasteiger partial charge in [0.05, 0.1) is 18.7 Å². The van der Waals surface area contributed by atoms with Crippen LogP contribution in [0.25, 0.3) is 0 Å². The molecule has 13 heavy (non-hydrogen) atoms. The van der Waals surface area contributed by atoms with Crippen molar-refractivity contribution in [3.63, 3.8) is 0 Å². The normalized spacial score (nSPS) is 9.85.